The molecule has 164 valence electrons. The quantitative estimate of drug-likeness (QED) is 0.613. The van der Waals surface area contributed by atoms with Crippen LogP contribution in [0.1, 0.15) is 36.8 Å². The molecule has 4 rings (SSSR count). The monoisotopic (exact) mass is 421 g/mol. The van der Waals surface area contributed by atoms with Crippen LogP contribution in [0.15, 0.2) is 48.7 Å². The van der Waals surface area contributed by atoms with E-state index in [0.29, 0.717) is 12.4 Å². The number of hydrogen-bond acceptors (Lipinski definition) is 5. The summed E-state index contributed by atoms with van der Waals surface area (Å²) >= 11 is 0. The number of pyridine rings is 1. The van der Waals surface area contributed by atoms with Crippen LogP contribution in [-0.2, 0) is 13.1 Å². The summed E-state index contributed by atoms with van der Waals surface area (Å²) in [7, 11) is 0. The highest BCUT2D eigenvalue weighted by Gasteiger charge is 2.16. The van der Waals surface area contributed by atoms with E-state index in [-0.39, 0.29) is 12.1 Å². The first-order valence-corrected chi connectivity index (χ1v) is 11.0. The number of carbonyl (C=O) groups is 1. The lowest BCUT2D eigenvalue weighted by Crippen LogP contribution is -2.45. The molecular formula is C23H31N7O. The molecule has 3 aromatic rings. The molecule has 2 amide bonds. The molecule has 1 atom stereocenters. The van der Waals surface area contributed by atoms with E-state index in [9.17, 15) is 4.79 Å². The molecule has 0 radical (unpaired) electrons. The van der Waals surface area contributed by atoms with Gasteiger partial charge in [0.05, 0.1) is 6.04 Å². The Morgan fingerprint density at radius 3 is 2.45 bits per heavy atom. The Kier molecular flexibility index (Phi) is 6.79. The van der Waals surface area contributed by atoms with Crippen LogP contribution in [0.2, 0.25) is 0 Å². The number of benzene rings is 1. The van der Waals surface area contributed by atoms with Gasteiger partial charge in [0.15, 0.2) is 11.5 Å². The minimum atomic E-state index is -0.257. The Balaban J connectivity index is 1.24. The number of hydrogen-bond donors (Lipinski definition) is 2. The highest BCUT2D eigenvalue weighted by atomic mass is 16.2. The molecule has 1 aliphatic rings. The molecule has 2 aromatic heterocycles. The molecule has 8 heteroatoms. The Labute approximate surface area is 183 Å². The first-order chi connectivity index (χ1) is 15.1. The van der Waals surface area contributed by atoms with Gasteiger partial charge in [-0.05, 0) is 36.7 Å². The topological polar surface area (TPSA) is 77.8 Å². The van der Waals surface area contributed by atoms with E-state index in [1.54, 1.807) is 0 Å². The Bertz CT molecular complexity index is 993. The van der Waals surface area contributed by atoms with Crippen molar-refractivity contribution in [2.75, 3.05) is 32.7 Å². The van der Waals surface area contributed by atoms with Crippen LogP contribution < -0.4 is 10.6 Å². The third kappa shape index (κ3) is 5.39. The maximum absolute atomic E-state index is 12.3. The number of carbonyl (C=O) groups excluding carboxylic acids is 1. The number of nitrogens with one attached hydrogen (secondary N) is 2. The van der Waals surface area contributed by atoms with Gasteiger partial charge in [-0.15, -0.1) is 10.2 Å². The number of amides is 2. The van der Waals surface area contributed by atoms with Gasteiger partial charge in [0.1, 0.15) is 0 Å². The average molecular weight is 422 g/mol. The summed E-state index contributed by atoms with van der Waals surface area (Å²) in [4.78, 5) is 17.3. The minimum Gasteiger partial charge on any atom is -0.334 e. The predicted molar refractivity (Wildman–Crippen MR) is 121 cm³/mol. The Hall–Kier alpha value is -2.97. The van der Waals surface area contributed by atoms with Crippen molar-refractivity contribution in [3.8, 4) is 0 Å². The second kappa shape index (κ2) is 9.89. The standard InChI is InChI=1S/C23H31N7O/c1-3-28-12-14-29(15-13-28)17-20-9-7-19(8-10-20)16-24-23(31)25-18(2)22-27-26-21-6-4-5-11-30(21)22/h4-11,18H,3,12-17H2,1-2H3,(H2,24,25,31). The van der Waals surface area contributed by atoms with Gasteiger partial charge < -0.3 is 15.5 Å². The van der Waals surface area contributed by atoms with Gasteiger partial charge >= 0.3 is 6.03 Å². The largest absolute Gasteiger partial charge is 0.334 e. The first kappa shape index (κ1) is 21.3. The molecule has 0 spiro atoms. The molecule has 0 aliphatic carbocycles. The smallest absolute Gasteiger partial charge is 0.315 e. The first-order valence-electron chi connectivity index (χ1n) is 11.0. The number of rotatable bonds is 7. The van der Waals surface area contributed by atoms with E-state index >= 15 is 0 Å². The Morgan fingerprint density at radius 2 is 1.71 bits per heavy atom. The van der Waals surface area contributed by atoms with E-state index in [2.05, 4.69) is 61.8 Å². The van der Waals surface area contributed by atoms with Crippen molar-refractivity contribution >= 4 is 11.7 Å². The Morgan fingerprint density at radius 1 is 1.00 bits per heavy atom. The number of nitrogens with zero attached hydrogens (tertiary/aromatic N) is 5. The zero-order chi connectivity index (χ0) is 21.6. The molecule has 31 heavy (non-hydrogen) atoms. The summed E-state index contributed by atoms with van der Waals surface area (Å²) in [6, 6.07) is 13.7. The van der Waals surface area contributed by atoms with Crippen LogP contribution in [0.3, 0.4) is 0 Å². The van der Waals surface area contributed by atoms with Crippen molar-refractivity contribution in [1.29, 1.82) is 0 Å². The fourth-order valence-electron chi connectivity index (χ4n) is 3.93. The van der Waals surface area contributed by atoms with E-state index in [0.717, 1.165) is 50.5 Å². The van der Waals surface area contributed by atoms with Crippen LogP contribution >= 0.6 is 0 Å². The van der Waals surface area contributed by atoms with Crippen molar-refractivity contribution < 1.29 is 4.79 Å². The van der Waals surface area contributed by atoms with Gasteiger partial charge in [-0.3, -0.25) is 9.30 Å². The molecule has 1 aliphatic heterocycles. The van der Waals surface area contributed by atoms with Gasteiger partial charge in [-0.2, -0.15) is 0 Å². The van der Waals surface area contributed by atoms with E-state index in [1.807, 2.05) is 35.7 Å². The molecule has 1 unspecified atom stereocenters. The van der Waals surface area contributed by atoms with Crippen LogP contribution in [-0.4, -0.2) is 63.2 Å². The molecular weight excluding hydrogens is 390 g/mol. The molecule has 1 aromatic carbocycles. The average Bonchev–Trinajstić information content (AvgIpc) is 3.23. The third-order valence-electron chi connectivity index (χ3n) is 5.87. The third-order valence-corrected chi connectivity index (χ3v) is 5.87. The zero-order valence-electron chi connectivity index (χ0n) is 18.3. The van der Waals surface area contributed by atoms with E-state index < -0.39 is 0 Å². The number of likely N-dealkylation sites (N-methyl/N-ethyl adjacent to an activating group) is 1. The van der Waals surface area contributed by atoms with Crippen LogP contribution in [0.4, 0.5) is 4.79 Å². The lowest BCUT2D eigenvalue weighted by atomic mass is 10.1. The molecule has 0 saturated carbocycles. The summed E-state index contributed by atoms with van der Waals surface area (Å²) in [6.07, 6.45) is 1.89. The maximum atomic E-state index is 12.3. The van der Waals surface area contributed by atoms with Gasteiger partial charge in [0, 0.05) is 45.5 Å². The molecule has 8 nitrogen and oxygen atoms in total. The van der Waals surface area contributed by atoms with Gasteiger partial charge in [-0.25, -0.2) is 4.79 Å². The van der Waals surface area contributed by atoms with Crippen molar-refractivity contribution in [2.45, 2.75) is 33.0 Å². The van der Waals surface area contributed by atoms with Crippen LogP contribution in [0.5, 0.6) is 0 Å². The molecule has 1 fully saturated rings. The summed E-state index contributed by atoms with van der Waals surface area (Å²) in [5.41, 5.74) is 3.15. The maximum Gasteiger partial charge on any atom is 0.315 e. The van der Waals surface area contributed by atoms with Gasteiger partial charge in [-0.1, -0.05) is 37.3 Å². The van der Waals surface area contributed by atoms with Gasteiger partial charge in [0.25, 0.3) is 0 Å². The second-order valence-corrected chi connectivity index (χ2v) is 8.06. The normalized spacial score (nSPS) is 16.3. The van der Waals surface area contributed by atoms with E-state index in [1.165, 1.54) is 5.56 Å². The zero-order valence-corrected chi connectivity index (χ0v) is 18.3. The molecule has 3 heterocycles. The van der Waals surface area contributed by atoms with Crippen LogP contribution in [0.25, 0.3) is 5.65 Å². The van der Waals surface area contributed by atoms with Gasteiger partial charge in [0.2, 0.25) is 0 Å². The van der Waals surface area contributed by atoms with Crippen molar-refractivity contribution in [1.82, 2.24) is 35.0 Å². The van der Waals surface area contributed by atoms with Crippen molar-refractivity contribution in [3.05, 3.63) is 65.6 Å². The lowest BCUT2D eigenvalue weighted by molar-refractivity contribution is 0.132. The summed E-state index contributed by atoms with van der Waals surface area (Å²) in [5.74, 6) is 0.704. The highest BCUT2D eigenvalue weighted by Crippen LogP contribution is 2.12. The van der Waals surface area contributed by atoms with Crippen LogP contribution in [0, 0.1) is 0 Å². The molecule has 0 bridgehead atoms. The fourth-order valence-corrected chi connectivity index (χ4v) is 3.93. The summed E-state index contributed by atoms with van der Waals surface area (Å²) in [6.45, 7) is 11.3. The summed E-state index contributed by atoms with van der Waals surface area (Å²) in [5, 5.41) is 14.2. The number of urea groups is 1. The fraction of sp³-hybridized carbons (Fsp3) is 0.435. The lowest BCUT2D eigenvalue weighted by Gasteiger charge is -2.34. The highest BCUT2D eigenvalue weighted by molar-refractivity contribution is 5.74. The summed E-state index contributed by atoms with van der Waals surface area (Å²) < 4.78 is 1.88. The SMILES string of the molecule is CCN1CCN(Cc2ccc(CNC(=O)NC(C)c3nnc4ccccn34)cc2)CC1. The molecule has 1 saturated heterocycles. The number of piperazine rings is 1. The number of fused-ring (bicyclic) bond motifs is 1. The van der Waals surface area contributed by atoms with Crippen molar-refractivity contribution in [3.63, 3.8) is 0 Å². The second-order valence-electron chi connectivity index (χ2n) is 8.06. The minimum absolute atomic E-state index is 0.224. The number of aromatic nitrogens is 3. The molecule has 2 N–H and O–H groups in total. The predicted octanol–water partition coefficient (Wildman–Crippen LogP) is 2.43. The van der Waals surface area contributed by atoms with Crippen molar-refractivity contribution in [2.24, 2.45) is 0 Å². The van der Waals surface area contributed by atoms with E-state index in [4.69, 9.17) is 0 Å².